The molecule has 1 rings (SSSR count). The fourth-order valence-electron chi connectivity index (χ4n) is 1.42. The third-order valence-corrected chi connectivity index (χ3v) is 3.57. The summed E-state index contributed by atoms with van der Waals surface area (Å²) in [4.78, 5) is 10.7. The average molecular weight is 395 g/mol. The lowest BCUT2D eigenvalue weighted by molar-refractivity contribution is -0.139. The summed E-state index contributed by atoms with van der Waals surface area (Å²) in [5, 5.41) is 11.7. The van der Waals surface area contributed by atoms with Gasteiger partial charge in [0.05, 0.1) is 15.0 Å². The molecule has 0 amide bonds. The molecule has 0 aromatic heterocycles. The quantitative estimate of drug-likeness (QED) is 0.774. The van der Waals surface area contributed by atoms with Crippen LogP contribution < -0.4 is 10.1 Å². The molecule has 4 nitrogen and oxygen atoms in total. The summed E-state index contributed by atoms with van der Waals surface area (Å²) in [6.07, 6.45) is 0.0867. The van der Waals surface area contributed by atoms with Crippen LogP contribution in [0.5, 0.6) is 5.75 Å². The van der Waals surface area contributed by atoms with E-state index in [4.69, 9.17) is 9.84 Å². The van der Waals surface area contributed by atoms with Crippen LogP contribution >= 0.6 is 31.9 Å². The van der Waals surface area contributed by atoms with Crippen LogP contribution in [0.25, 0.3) is 0 Å². The number of carboxylic acids is 1. The Labute approximate surface area is 129 Å². The highest BCUT2D eigenvalue weighted by molar-refractivity contribution is 9.11. The minimum Gasteiger partial charge on any atom is -0.489 e. The molecule has 0 saturated carbocycles. The summed E-state index contributed by atoms with van der Waals surface area (Å²) < 4.78 is 7.37. The Kier molecular flexibility index (Phi) is 6.29. The first-order valence-electron chi connectivity index (χ1n) is 5.92. The van der Waals surface area contributed by atoms with Crippen LogP contribution in [0.2, 0.25) is 0 Å². The summed E-state index contributed by atoms with van der Waals surface area (Å²) in [6, 6.07) is 3.26. The molecule has 0 spiro atoms. The molecule has 106 valence electrons. The van der Waals surface area contributed by atoms with Gasteiger partial charge in [-0.25, -0.2) is 0 Å². The monoisotopic (exact) mass is 393 g/mol. The number of rotatable bonds is 6. The van der Waals surface area contributed by atoms with Crippen molar-refractivity contribution in [3.8, 4) is 5.75 Å². The Bertz CT molecular complexity index is 440. The highest BCUT2D eigenvalue weighted by Gasteiger charge is 2.13. The Morgan fingerprint density at radius 3 is 2.26 bits per heavy atom. The van der Waals surface area contributed by atoms with Crippen LogP contribution in [-0.2, 0) is 11.3 Å². The predicted molar refractivity (Wildman–Crippen MR) is 81.5 cm³/mol. The zero-order valence-electron chi connectivity index (χ0n) is 11.0. The molecule has 1 atom stereocenters. The molecule has 0 bridgehead atoms. The maximum atomic E-state index is 10.7. The molecule has 2 N–H and O–H groups in total. The van der Waals surface area contributed by atoms with Crippen LogP contribution in [0, 0.1) is 0 Å². The molecule has 1 unspecified atom stereocenters. The number of hydrogen-bond acceptors (Lipinski definition) is 3. The highest BCUT2D eigenvalue weighted by Crippen LogP contribution is 2.35. The van der Waals surface area contributed by atoms with Gasteiger partial charge in [0.25, 0.3) is 0 Å². The van der Waals surface area contributed by atoms with Gasteiger partial charge in [0.15, 0.2) is 0 Å². The number of aliphatic carboxylic acids is 1. The van der Waals surface area contributed by atoms with Crippen LogP contribution in [0.3, 0.4) is 0 Å². The topological polar surface area (TPSA) is 58.6 Å². The van der Waals surface area contributed by atoms with Crippen molar-refractivity contribution in [2.75, 3.05) is 0 Å². The van der Waals surface area contributed by atoms with E-state index < -0.39 is 12.0 Å². The van der Waals surface area contributed by atoms with E-state index in [9.17, 15) is 4.79 Å². The summed E-state index contributed by atoms with van der Waals surface area (Å²) in [6.45, 7) is 6.01. The van der Waals surface area contributed by atoms with Gasteiger partial charge in [-0.15, -0.1) is 0 Å². The molecule has 0 heterocycles. The number of benzene rings is 1. The van der Waals surface area contributed by atoms with Crippen molar-refractivity contribution in [3.63, 3.8) is 0 Å². The van der Waals surface area contributed by atoms with Crippen LogP contribution in [0.1, 0.15) is 26.3 Å². The van der Waals surface area contributed by atoms with Crippen molar-refractivity contribution < 1.29 is 14.6 Å². The zero-order chi connectivity index (χ0) is 14.6. The molecule has 1 aromatic rings. The van der Waals surface area contributed by atoms with Gasteiger partial charge < -0.3 is 15.2 Å². The Morgan fingerprint density at radius 1 is 1.32 bits per heavy atom. The van der Waals surface area contributed by atoms with Gasteiger partial charge in [-0.1, -0.05) is 0 Å². The Hall–Kier alpha value is -0.590. The predicted octanol–water partition coefficient (Wildman–Crippen LogP) is 3.56. The van der Waals surface area contributed by atoms with E-state index in [1.807, 2.05) is 26.0 Å². The highest BCUT2D eigenvalue weighted by atomic mass is 79.9. The number of carbonyl (C=O) groups is 1. The van der Waals surface area contributed by atoms with Crippen molar-refractivity contribution in [1.29, 1.82) is 0 Å². The van der Waals surface area contributed by atoms with Gasteiger partial charge in [-0.2, -0.15) is 0 Å². The average Bonchev–Trinajstić information content (AvgIpc) is 2.30. The molecule has 19 heavy (non-hydrogen) atoms. The number of carboxylic acid groups (broad SMARTS) is 1. The van der Waals surface area contributed by atoms with E-state index in [1.165, 1.54) is 0 Å². The van der Waals surface area contributed by atoms with Crippen LogP contribution in [0.4, 0.5) is 0 Å². The van der Waals surface area contributed by atoms with E-state index in [2.05, 4.69) is 37.2 Å². The van der Waals surface area contributed by atoms with Gasteiger partial charge in [0.1, 0.15) is 11.8 Å². The Balaban J connectivity index is 2.80. The van der Waals surface area contributed by atoms with Crippen molar-refractivity contribution in [1.82, 2.24) is 5.32 Å². The second-order valence-corrected chi connectivity index (χ2v) is 6.20. The molecule has 6 heteroatoms. The summed E-state index contributed by atoms with van der Waals surface area (Å²) in [5.41, 5.74) is 0.975. The van der Waals surface area contributed by atoms with Crippen molar-refractivity contribution in [2.45, 2.75) is 39.5 Å². The first-order valence-corrected chi connectivity index (χ1v) is 7.50. The zero-order valence-corrected chi connectivity index (χ0v) is 14.2. The molecule has 1 aromatic carbocycles. The minimum atomic E-state index is -0.863. The fourth-order valence-corrected chi connectivity index (χ4v) is 2.89. The van der Waals surface area contributed by atoms with Crippen molar-refractivity contribution in [3.05, 3.63) is 26.6 Å². The molecule has 0 aliphatic rings. The van der Waals surface area contributed by atoms with E-state index in [0.29, 0.717) is 6.54 Å². The smallest absolute Gasteiger partial charge is 0.320 e. The largest absolute Gasteiger partial charge is 0.489 e. The third-order valence-electron chi connectivity index (χ3n) is 2.39. The lowest BCUT2D eigenvalue weighted by Gasteiger charge is -2.15. The third kappa shape index (κ3) is 5.12. The first-order chi connectivity index (χ1) is 8.81. The lowest BCUT2D eigenvalue weighted by Crippen LogP contribution is -2.33. The molecule has 0 radical (unpaired) electrons. The van der Waals surface area contributed by atoms with Crippen LogP contribution in [-0.4, -0.2) is 23.2 Å². The fraction of sp³-hybridized carbons (Fsp3) is 0.462. The van der Waals surface area contributed by atoms with Crippen molar-refractivity contribution in [2.24, 2.45) is 0 Å². The number of hydrogen-bond donors (Lipinski definition) is 2. The second-order valence-electron chi connectivity index (χ2n) is 4.50. The number of halogens is 2. The first kappa shape index (κ1) is 16.5. The SMILES string of the molecule is CC(C)Oc1c(Br)cc(CNC(C)C(=O)O)cc1Br. The van der Waals surface area contributed by atoms with Gasteiger partial charge in [-0.05, 0) is 70.3 Å². The summed E-state index contributed by atoms with van der Waals surface area (Å²) >= 11 is 6.93. The maximum absolute atomic E-state index is 10.7. The number of nitrogens with one attached hydrogen (secondary N) is 1. The Morgan fingerprint density at radius 2 is 1.84 bits per heavy atom. The molecular weight excluding hydrogens is 378 g/mol. The van der Waals surface area contributed by atoms with Gasteiger partial charge >= 0.3 is 5.97 Å². The standard InChI is InChI=1S/C13H17Br2NO3/c1-7(2)19-12-10(14)4-9(5-11(12)15)6-16-8(3)13(17)18/h4-5,7-8,16H,6H2,1-3H3,(H,17,18). The molecule has 0 saturated heterocycles. The minimum absolute atomic E-state index is 0.0867. The second kappa shape index (κ2) is 7.26. The summed E-state index contributed by atoms with van der Waals surface area (Å²) in [5.74, 6) is -0.108. The van der Waals surface area contributed by atoms with E-state index in [-0.39, 0.29) is 6.10 Å². The van der Waals surface area contributed by atoms with Crippen molar-refractivity contribution >= 4 is 37.8 Å². The van der Waals surface area contributed by atoms with Gasteiger partial charge in [0.2, 0.25) is 0 Å². The van der Waals surface area contributed by atoms with E-state index >= 15 is 0 Å². The van der Waals surface area contributed by atoms with E-state index in [1.54, 1.807) is 6.92 Å². The van der Waals surface area contributed by atoms with E-state index in [0.717, 1.165) is 20.3 Å². The summed E-state index contributed by atoms with van der Waals surface area (Å²) in [7, 11) is 0. The van der Waals surface area contributed by atoms with Crippen LogP contribution in [0.15, 0.2) is 21.1 Å². The van der Waals surface area contributed by atoms with Gasteiger partial charge in [0, 0.05) is 6.54 Å². The number of ether oxygens (including phenoxy) is 1. The molecule has 0 aliphatic heterocycles. The maximum Gasteiger partial charge on any atom is 0.320 e. The lowest BCUT2D eigenvalue weighted by atomic mass is 10.2. The van der Waals surface area contributed by atoms with Gasteiger partial charge in [-0.3, -0.25) is 4.79 Å². The molecular formula is C13H17Br2NO3. The molecule has 0 aliphatic carbocycles. The normalized spacial score (nSPS) is 12.5. The molecule has 0 fully saturated rings.